The molecule has 2 saturated heterocycles. The maximum Gasteiger partial charge on any atom is 0.227 e. The van der Waals surface area contributed by atoms with Crippen LogP contribution in [0, 0.1) is 12.8 Å². The van der Waals surface area contributed by atoms with Gasteiger partial charge in [0.05, 0.1) is 17.5 Å². The molecule has 0 unspecified atom stereocenters. The Kier molecular flexibility index (Phi) is 2.48. The lowest BCUT2D eigenvalue weighted by Crippen LogP contribution is -2.36. The van der Waals surface area contributed by atoms with Crippen LogP contribution in [-0.2, 0) is 14.6 Å². The van der Waals surface area contributed by atoms with Crippen molar-refractivity contribution in [1.29, 1.82) is 0 Å². The molecule has 0 radical (unpaired) electrons. The molecule has 2 aliphatic rings. The van der Waals surface area contributed by atoms with Gasteiger partial charge in [-0.2, -0.15) is 0 Å². The van der Waals surface area contributed by atoms with E-state index in [2.05, 4.69) is 0 Å². The summed E-state index contributed by atoms with van der Waals surface area (Å²) in [5.41, 5.74) is 1.94. The Morgan fingerprint density at radius 2 is 1.83 bits per heavy atom. The number of nitrogens with zero attached hydrogens (tertiary/aromatic N) is 1. The highest BCUT2D eigenvalue weighted by molar-refractivity contribution is 7.91. The minimum Gasteiger partial charge on any atom is -0.308 e. The number of aryl methyl sites for hydroxylation is 1. The number of carbonyl (C=O) groups excluding carboxylic acids is 1. The number of hydrogen-bond donors (Lipinski definition) is 0. The van der Waals surface area contributed by atoms with Gasteiger partial charge in [-0.3, -0.25) is 4.79 Å². The fourth-order valence-electron chi connectivity index (χ4n) is 2.93. The Labute approximate surface area is 107 Å². The van der Waals surface area contributed by atoms with Crippen molar-refractivity contribution < 1.29 is 13.2 Å². The Balaban J connectivity index is 1.96. The van der Waals surface area contributed by atoms with Crippen molar-refractivity contribution in [3.63, 3.8) is 0 Å². The normalized spacial score (nSPS) is 29.6. The number of carbonyl (C=O) groups is 1. The molecular weight excluding hydrogens is 250 g/mol. The Hall–Kier alpha value is -1.36. The summed E-state index contributed by atoms with van der Waals surface area (Å²) in [6.07, 6.45) is 0.359. The zero-order chi connectivity index (χ0) is 12.9. The van der Waals surface area contributed by atoms with Crippen LogP contribution < -0.4 is 4.90 Å². The van der Waals surface area contributed by atoms with Crippen LogP contribution in [0.25, 0.3) is 0 Å². The van der Waals surface area contributed by atoms with Gasteiger partial charge in [-0.05, 0) is 19.1 Å². The summed E-state index contributed by atoms with van der Waals surface area (Å²) in [7, 11) is -2.97. The summed E-state index contributed by atoms with van der Waals surface area (Å²) in [6.45, 7) is 1.98. The first-order valence-electron chi connectivity index (χ1n) is 6.05. The van der Waals surface area contributed by atoms with Gasteiger partial charge in [-0.25, -0.2) is 8.42 Å². The molecule has 18 heavy (non-hydrogen) atoms. The largest absolute Gasteiger partial charge is 0.308 e. The molecule has 2 fully saturated rings. The van der Waals surface area contributed by atoms with Gasteiger partial charge in [0.2, 0.25) is 5.91 Å². The second-order valence-corrected chi connectivity index (χ2v) is 7.36. The van der Waals surface area contributed by atoms with Crippen molar-refractivity contribution in [3.8, 4) is 0 Å². The van der Waals surface area contributed by atoms with Crippen molar-refractivity contribution in [1.82, 2.24) is 0 Å². The molecule has 1 aromatic carbocycles. The van der Waals surface area contributed by atoms with Crippen molar-refractivity contribution >= 4 is 21.4 Å². The average molecular weight is 265 g/mol. The molecule has 0 spiro atoms. The van der Waals surface area contributed by atoms with E-state index in [0.29, 0.717) is 6.42 Å². The van der Waals surface area contributed by atoms with E-state index in [1.807, 2.05) is 31.2 Å². The molecule has 0 bridgehead atoms. The van der Waals surface area contributed by atoms with Gasteiger partial charge in [-0.1, -0.05) is 17.7 Å². The van der Waals surface area contributed by atoms with E-state index in [-0.39, 0.29) is 29.4 Å². The molecule has 2 aliphatic heterocycles. The SMILES string of the molecule is Cc1ccc(N2C(=O)C[C@@H]3CS(=O)(=O)C[C@H]32)cc1. The first-order chi connectivity index (χ1) is 8.46. The third kappa shape index (κ3) is 1.82. The molecular formula is C13H15NO3S. The molecule has 5 heteroatoms. The summed E-state index contributed by atoms with van der Waals surface area (Å²) in [5, 5.41) is 0. The lowest BCUT2D eigenvalue weighted by Gasteiger charge is -2.23. The Bertz CT molecular complexity index is 591. The minimum absolute atomic E-state index is 0.0243. The maximum atomic E-state index is 12.0. The molecule has 0 aromatic heterocycles. The molecule has 0 saturated carbocycles. The molecule has 0 N–H and O–H groups in total. The summed E-state index contributed by atoms with van der Waals surface area (Å²) < 4.78 is 23.3. The number of hydrogen-bond acceptors (Lipinski definition) is 3. The minimum atomic E-state index is -2.97. The average Bonchev–Trinajstić information content (AvgIpc) is 2.70. The quantitative estimate of drug-likeness (QED) is 0.765. The van der Waals surface area contributed by atoms with Crippen LogP contribution in [0.15, 0.2) is 24.3 Å². The summed E-state index contributed by atoms with van der Waals surface area (Å²) in [6, 6.07) is 7.50. The molecule has 96 valence electrons. The standard InChI is InChI=1S/C13H15NO3S/c1-9-2-4-11(5-3-9)14-12-8-18(16,17)7-10(12)6-13(14)15/h2-5,10,12H,6-8H2,1H3/t10-,12-/m1/s1. The zero-order valence-electron chi connectivity index (χ0n) is 10.2. The maximum absolute atomic E-state index is 12.0. The van der Waals surface area contributed by atoms with E-state index < -0.39 is 9.84 Å². The van der Waals surface area contributed by atoms with Crippen LogP contribution in [0.4, 0.5) is 5.69 Å². The number of anilines is 1. The highest BCUT2D eigenvalue weighted by atomic mass is 32.2. The summed E-state index contributed by atoms with van der Waals surface area (Å²) in [5.74, 6) is 0.288. The first kappa shape index (κ1) is 11.7. The van der Waals surface area contributed by atoms with E-state index in [9.17, 15) is 13.2 Å². The third-order valence-electron chi connectivity index (χ3n) is 3.79. The van der Waals surface area contributed by atoms with E-state index in [1.165, 1.54) is 0 Å². The molecule has 1 amide bonds. The molecule has 2 heterocycles. The third-order valence-corrected chi connectivity index (χ3v) is 5.57. The van der Waals surface area contributed by atoms with E-state index in [1.54, 1.807) is 4.90 Å². The highest BCUT2D eigenvalue weighted by Crippen LogP contribution is 2.37. The number of sulfone groups is 1. The molecule has 1 aromatic rings. The van der Waals surface area contributed by atoms with E-state index in [0.717, 1.165) is 11.3 Å². The molecule has 4 nitrogen and oxygen atoms in total. The predicted octanol–water partition coefficient (Wildman–Crippen LogP) is 1.14. The monoisotopic (exact) mass is 265 g/mol. The summed E-state index contributed by atoms with van der Waals surface area (Å²) in [4.78, 5) is 13.7. The Morgan fingerprint density at radius 3 is 2.50 bits per heavy atom. The first-order valence-corrected chi connectivity index (χ1v) is 7.87. The number of benzene rings is 1. The van der Waals surface area contributed by atoms with Gasteiger partial charge in [-0.15, -0.1) is 0 Å². The molecule has 3 rings (SSSR count). The van der Waals surface area contributed by atoms with Crippen molar-refractivity contribution in [3.05, 3.63) is 29.8 Å². The zero-order valence-corrected chi connectivity index (χ0v) is 11.0. The van der Waals surface area contributed by atoms with Gasteiger partial charge in [0.25, 0.3) is 0 Å². The van der Waals surface area contributed by atoms with Gasteiger partial charge < -0.3 is 4.90 Å². The number of fused-ring (bicyclic) bond motifs is 1. The second kappa shape index (κ2) is 3.82. The van der Waals surface area contributed by atoms with Crippen molar-refractivity contribution in [2.24, 2.45) is 5.92 Å². The number of rotatable bonds is 1. The lowest BCUT2D eigenvalue weighted by atomic mass is 10.0. The van der Waals surface area contributed by atoms with Crippen LogP contribution in [0.3, 0.4) is 0 Å². The lowest BCUT2D eigenvalue weighted by molar-refractivity contribution is -0.117. The predicted molar refractivity (Wildman–Crippen MR) is 69.2 cm³/mol. The van der Waals surface area contributed by atoms with Gasteiger partial charge >= 0.3 is 0 Å². The van der Waals surface area contributed by atoms with Crippen LogP contribution in [-0.4, -0.2) is 31.9 Å². The van der Waals surface area contributed by atoms with Gasteiger partial charge in [0, 0.05) is 18.0 Å². The van der Waals surface area contributed by atoms with Crippen LogP contribution in [0.1, 0.15) is 12.0 Å². The Morgan fingerprint density at radius 1 is 1.17 bits per heavy atom. The van der Waals surface area contributed by atoms with Crippen LogP contribution in [0.2, 0.25) is 0 Å². The fraction of sp³-hybridized carbons (Fsp3) is 0.462. The topological polar surface area (TPSA) is 54.5 Å². The van der Waals surface area contributed by atoms with Crippen LogP contribution >= 0.6 is 0 Å². The van der Waals surface area contributed by atoms with Gasteiger partial charge in [0.15, 0.2) is 9.84 Å². The molecule has 2 atom stereocenters. The second-order valence-electron chi connectivity index (χ2n) is 5.21. The highest BCUT2D eigenvalue weighted by Gasteiger charge is 2.49. The van der Waals surface area contributed by atoms with Crippen molar-refractivity contribution in [2.45, 2.75) is 19.4 Å². The fourth-order valence-corrected chi connectivity index (χ4v) is 5.00. The smallest absolute Gasteiger partial charge is 0.227 e. The summed E-state index contributed by atoms with van der Waals surface area (Å²) >= 11 is 0. The number of amides is 1. The van der Waals surface area contributed by atoms with E-state index >= 15 is 0 Å². The van der Waals surface area contributed by atoms with Crippen LogP contribution in [0.5, 0.6) is 0 Å². The van der Waals surface area contributed by atoms with Gasteiger partial charge in [0.1, 0.15) is 0 Å². The van der Waals surface area contributed by atoms with E-state index in [4.69, 9.17) is 0 Å². The molecule has 0 aliphatic carbocycles. The van der Waals surface area contributed by atoms with Crippen molar-refractivity contribution in [2.75, 3.05) is 16.4 Å².